The Morgan fingerprint density at radius 1 is 1.33 bits per heavy atom. The van der Waals surface area contributed by atoms with Gasteiger partial charge in [0.05, 0.1) is 0 Å². The number of halogens is 1. The molecule has 1 nitrogen and oxygen atoms in total. The molecule has 0 radical (unpaired) electrons. The first-order valence-electron chi connectivity index (χ1n) is 0.667. The molecule has 0 saturated heterocycles. The molecule has 0 rings (SSSR count). The Morgan fingerprint density at radius 3 is 1.33 bits per heavy atom. The summed E-state index contributed by atoms with van der Waals surface area (Å²) < 4.78 is 17.9. The minimum atomic E-state index is -0.194. The van der Waals surface area contributed by atoms with Crippen LogP contribution in [0.2, 0.25) is 0 Å². The van der Waals surface area contributed by atoms with Gasteiger partial charge in [-0.25, -0.2) is 0 Å². The molecular weight excluding hydrogens is 139 g/mol. The Balaban J connectivity index is -0.00000000500. The average molecular weight is 146 g/mol. The van der Waals surface area contributed by atoms with E-state index >= 15 is 0 Å². The molecule has 6 heteroatoms. The van der Waals surface area contributed by atoms with Gasteiger partial charge in [0.25, 0.3) is 0 Å². The Hall–Kier alpha value is 2.33. The van der Waals surface area contributed by atoms with Crippen LogP contribution in [0.3, 0.4) is 0 Å². The predicted octanol–water partition coefficient (Wildman–Crippen LogP) is -3.10. The SMILES string of the molecule is [AlH3].[F][AlH2].[NaH].[O]=[AlH]. The maximum absolute atomic E-state index is 9.64. The summed E-state index contributed by atoms with van der Waals surface area (Å²) in [5.74, 6) is 0. The van der Waals surface area contributed by atoms with Crippen LogP contribution in [0.5, 0.6) is 0 Å². The van der Waals surface area contributed by atoms with Crippen molar-refractivity contribution in [1.29, 1.82) is 0 Å². The molecule has 0 fully saturated rings. The minimum absolute atomic E-state index is 0. The summed E-state index contributed by atoms with van der Waals surface area (Å²) >= 11 is 0.417. The molecule has 0 aliphatic carbocycles. The van der Waals surface area contributed by atoms with Gasteiger partial charge in [0.2, 0.25) is 0 Å². The van der Waals surface area contributed by atoms with Gasteiger partial charge in [-0.2, -0.15) is 0 Å². The standard InChI is InChI=1S/3Al.FH.Na.O.7H/h;;;1H;;;;;;;;;/q;;+1;;;;;;;;;;/p-1. The van der Waals surface area contributed by atoms with E-state index in [-0.39, 0.29) is 63.7 Å². The quantitative estimate of drug-likeness (QED) is 0.331. The third-order valence-electron chi connectivity index (χ3n) is 0. The fourth-order valence-electron chi connectivity index (χ4n) is 0. The van der Waals surface area contributed by atoms with Gasteiger partial charge in [0.15, 0.2) is 17.4 Å². The third-order valence-corrected chi connectivity index (χ3v) is 0. The summed E-state index contributed by atoms with van der Waals surface area (Å²) in [7, 11) is 0. The molecule has 0 unspecified atom stereocenters. The van der Waals surface area contributed by atoms with E-state index in [1.54, 1.807) is 0 Å². The van der Waals surface area contributed by atoms with Crippen molar-refractivity contribution in [2.24, 2.45) is 0 Å². The molecule has 0 aliphatic rings. The van der Waals surface area contributed by atoms with E-state index in [9.17, 15) is 3.52 Å². The van der Waals surface area contributed by atoms with Crippen molar-refractivity contribution in [3.8, 4) is 0 Å². The second kappa shape index (κ2) is 54.2. The summed E-state index contributed by atoms with van der Waals surface area (Å²) in [4.78, 5) is 0. The zero-order chi connectivity index (χ0) is 4.00. The summed E-state index contributed by atoms with van der Waals surface area (Å²) in [6.07, 6.45) is 0. The van der Waals surface area contributed by atoms with Crippen LogP contribution in [0.4, 0.5) is 3.52 Å². The van der Waals surface area contributed by atoms with Crippen molar-refractivity contribution in [1.82, 2.24) is 0 Å². The monoisotopic (exact) mass is 146 g/mol. The summed E-state index contributed by atoms with van der Waals surface area (Å²) in [5.41, 5.74) is 0. The summed E-state index contributed by atoms with van der Waals surface area (Å²) in [5, 5.41) is 0. The number of rotatable bonds is 0. The maximum atomic E-state index is 9.64. The van der Waals surface area contributed by atoms with E-state index < -0.39 is 0 Å². The van der Waals surface area contributed by atoms with Crippen molar-refractivity contribution in [3.05, 3.63) is 0 Å². The van der Waals surface area contributed by atoms with E-state index in [4.69, 9.17) is 3.80 Å². The zero-order valence-corrected chi connectivity index (χ0v) is 5.91. The molecule has 0 spiro atoms. The van der Waals surface area contributed by atoms with Crippen LogP contribution in [-0.4, -0.2) is 79.9 Å². The molecule has 0 aromatic rings. The number of hydrogen-bond donors (Lipinski definition) is 0. The van der Waals surface area contributed by atoms with Crippen LogP contribution in [0, 0.1) is 0 Å². The first-order chi connectivity index (χ1) is 2.00. The van der Waals surface area contributed by atoms with Crippen LogP contribution >= 0.6 is 0 Å². The van der Waals surface area contributed by atoms with Gasteiger partial charge < -0.3 is 3.52 Å². The Kier molecular flexibility index (Phi) is 216. The van der Waals surface area contributed by atoms with E-state index in [2.05, 4.69) is 0 Å². The van der Waals surface area contributed by atoms with Crippen LogP contribution < -0.4 is 0 Å². The van der Waals surface area contributed by atoms with Gasteiger partial charge in [0.1, 0.15) is 0 Å². The Morgan fingerprint density at radius 2 is 1.33 bits per heavy atom. The van der Waals surface area contributed by atoms with Gasteiger partial charge in [-0.3, -0.25) is 0 Å². The molecular formula is H7Al3FNaO. The normalized spacial score (nSPS) is 1.33. The molecule has 0 N–H and O–H groups in total. The van der Waals surface area contributed by atoms with Crippen molar-refractivity contribution in [2.75, 3.05) is 0 Å². The first-order valence-corrected chi connectivity index (χ1v) is 2.00. The Bertz CT molecular complexity index is 10.8. The van der Waals surface area contributed by atoms with E-state index in [1.807, 2.05) is 0 Å². The molecule has 0 aromatic heterocycles. The van der Waals surface area contributed by atoms with Gasteiger partial charge in [-0.15, -0.1) is 0 Å². The van der Waals surface area contributed by atoms with E-state index in [0.717, 1.165) is 0 Å². The van der Waals surface area contributed by atoms with E-state index in [1.165, 1.54) is 0 Å². The van der Waals surface area contributed by atoms with Crippen molar-refractivity contribution in [3.63, 3.8) is 0 Å². The molecule has 0 aromatic carbocycles. The second-order valence-electron chi connectivity index (χ2n) is 0. The molecule has 0 atom stereocenters. The van der Waals surface area contributed by atoms with Gasteiger partial charge in [-0.1, -0.05) is 0 Å². The van der Waals surface area contributed by atoms with Gasteiger partial charge in [-0.05, 0) is 0 Å². The first kappa shape index (κ1) is 23.9. The third kappa shape index (κ3) is 33.2. The molecule has 0 aliphatic heterocycles. The topological polar surface area (TPSA) is 17.1 Å². The summed E-state index contributed by atoms with van der Waals surface area (Å²) in [6, 6.07) is 0. The van der Waals surface area contributed by atoms with Crippen molar-refractivity contribution < 1.29 is 7.33 Å². The van der Waals surface area contributed by atoms with Crippen LogP contribution in [0.15, 0.2) is 0 Å². The average Bonchev–Trinajstić information content (AvgIpc) is 1.50. The van der Waals surface area contributed by atoms with Gasteiger partial charge >= 0.3 is 66.3 Å². The predicted molar refractivity (Wildman–Crippen MR) is 34.6 cm³/mol. The Labute approximate surface area is 86.0 Å². The zero-order valence-electron chi connectivity index (χ0n) is 2.49. The second-order valence-corrected chi connectivity index (χ2v) is 0. The molecule has 6 heavy (non-hydrogen) atoms. The fourth-order valence-corrected chi connectivity index (χ4v) is 0. The number of hydrogen-bond acceptors (Lipinski definition) is 1. The molecule has 30 valence electrons. The van der Waals surface area contributed by atoms with E-state index in [0.29, 0.717) is 16.2 Å². The van der Waals surface area contributed by atoms with Crippen LogP contribution in [0.25, 0.3) is 0 Å². The van der Waals surface area contributed by atoms with Crippen LogP contribution in [0.1, 0.15) is 0 Å². The summed E-state index contributed by atoms with van der Waals surface area (Å²) in [6.45, 7) is 0. The molecule has 0 heterocycles. The van der Waals surface area contributed by atoms with Gasteiger partial charge in [0, 0.05) is 0 Å². The van der Waals surface area contributed by atoms with Crippen molar-refractivity contribution in [2.45, 2.75) is 0 Å². The molecule has 0 amide bonds. The molecule has 0 saturated carbocycles. The molecule has 0 bridgehead atoms. The fraction of sp³-hybridized carbons (Fsp3) is 0. The van der Waals surface area contributed by atoms with Crippen molar-refractivity contribution >= 4 is 79.9 Å². The van der Waals surface area contributed by atoms with Crippen LogP contribution in [-0.2, 0) is 3.80 Å².